The third kappa shape index (κ3) is 1.47. The summed E-state index contributed by atoms with van der Waals surface area (Å²) in [5, 5.41) is 0. The lowest BCUT2D eigenvalue weighted by Crippen LogP contribution is -2.39. The van der Waals surface area contributed by atoms with Crippen molar-refractivity contribution in [3.63, 3.8) is 0 Å². The first-order valence-corrected chi connectivity index (χ1v) is 7.27. The second-order valence-electron chi connectivity index (χ2n) is 6.81. The first-order valence-electron chi connectivity index (χ1n) is 7.27. The Labute approximate surface area is 105 Å². The molecule has 0 aromatic heterocycles. The van der Waals surface area contributed by atoms with E-state index in [0.717, 1.165) is 36.2 Å². The topological polar surface area (TPSA) is 17.1 Å². The lowest BCUT2D eigenvalue weighted by molar-refractivity contribution is -0.116. The highest BCUT2D eigenvalue weighted by atomic mass is 16.1. The SMILES string of the molecule is CC1=C2CC[C@@]3(C)C(CC[C@@H]3C)[C@@H]2CCC1=O. The summed E-state index contributed by atoms with van der Waals surface area (Å²) < 4.78 is 0. The smallest absolute Gasteiger partial charge is 0.158 e. The molecule has 0 radical (unpaired) electrons. The monoisotopic (exact) mass is 232 g/mol. The van der Waals surface area contributed by atoms with Crippen molar-refractivity contribution in [2.24, 2.45) is 23.2 Å². The van der Waals surface area contributed by atoms with Gasteiger partial charge in [0.05, 0.1) is 0 Å². The maximum atomic E-state index is 11.8. The average Bonchev–Trinajstić information content (AvgIpc) is 2.61. The molecule has 1 nitrogen and oxygen atoms in total. The Morgan fingerprint density at radius 2 is 1.94 bits per heavy atom. The van der Waals surface area contributed by atoms with Crippen LogP contribution < -0.4 is 0 Å². The fourth-order valence-electron chi connectivity index (χ4n) is 4.87. The summed E-state index contributed by atoms with van der Waals surface area (Å²) in [5.74, 6) is 2.92. The zero-order valence-corrected chi connectivity index (χ0v) is 11.4. The number of carbonyl (C=O) groups is 1. The standard InChI is InChI=1S/C16H24O/c1-10-4-6-14-13-5-7-15(17)11(2)12(13)8-9-16(10,14)3/h10,13-14H,4-9H2,1-3H3/t10-,13+,14?,16+/m0/s1. The molecule has 2 fully saturated rings. The van der Waals surface area contributed by atoms with Crippen LogP contribution in [0, 0.1) is 23.2 Å². The van der Waals surface area contributed by atoms with Crippen LogP contribution in [0.25, 0.3) is 0 Å². The van der Waals surface area contributed by atoms with Gasteiger partial charge in [0.1, 0.15) is 0 Å². The summed E-state index contributed by atoms with van der Waals surface area (Å²) in [6.45, 7) is 7.03. The summed E-state index contributed by atoms with van der Waals surface area (Å²) in [6, 6.07) is 0. The van der Waals surface area contributed by atoms with Gasteiger partial charge in [0, 0.05) is 6.42 Å². The zero-order valence-electron chi connectivity index (χ0n) is 11.4. The summed E-state index contributed by atoms with van der Waals surface area (Å²) >= 11 is 0. The highest BCUT2D eigenvalue weighted by Crippen LogP contribution is 2.60. The molecule has 0 bridgehead atoms. The lowest BCUT2D eigenvalue weighted by Gasteiger charge is -2.47. The predicted molar refractivity (Wildman–Crippen MR) is 69.7 cm³/mol. The first-order chi connectivity index (χ1) is 8.04. The van der Waals surface area contributed by atoms with Crippen LogP contribution in [0.4, 0.5) is 0 Å². The minimum atomic E-state index is 0.422. The van der Waals surface area contributed by atoms with Crippen molar-refractivity contribution in [3.8, 4) is 0 Å². The number of ketones is 1. The molecule has 0 aliphatic heterocycles. The molecule has 2 saturated carbocycles. The Bertz CT molecular complexity index is 392. The van der Waals surface area contributed by atoms with Crippen molar-refractivity contribution in [1.82, 2.24) is 0 Å². The molecule has 0 aromatic carbocycles. The number of rotatable bonds is 0. The number of allylic oxidation sites excluding steroid dienone is 2. The van der Waals surface area contributed by atoms with Crippen molar-refractivity contribution in [1.29, 1.82) is 0 Å². The predicted octanol–water partition coefficient (Wildman–Crippen LogP) is 4.13. The Hall–Kier alpha value is -0.590. The summed E-state index contributed by atoms with van der Waals surface area (Å²) in [7, 11) is 0. The van der Waals surface area contributed by atoms with Crippen LogP contribution in [0.5, 0.6) is 0 Å². The van der Waals surface area contributed by atoms with Gasteiger partial charge in [0.25, 0.3) is 0 Å². The van der Waals surface area contributed by atoms with E-state index in [1.807, 2.05) is 0 Å². The van der Waals surface area contributed by atoms with Gasteiger partial charge in [-0.1, -0.05) is 19.4 Å². The number of Topliss-reactive ketones (excluding diaryl/α,β-unsaturated/α-hetero) is 1. The van der Waals surface area contributed by atoms with E-state index in [2.05, 4.69) is 20.8 Å². The van der Waals surface area contributed by atoms with Gasteiger partial charge in [-0.15, -0.1) is 0 Å². The van der Waals surface area contributed by atoms with Crippen molar-refractivity contribution in [2.75, 3.05) is 0 Å². The van der Waals surface area contributed by atoms with Crippen molar-refractivity contribution < 1.29 is 4.79 Å². The molecule has 1 unspecified atom stereocenters. The number of fused-ring (bicyclic) bond motifs is 3. The first kappa shape index (κ1) is 11.5. The van der Waals surface area contributed by atoms with Crippen LogP contribution in [-0.4, -0.2) is 5.78 Å². The summed E-state index contributed by atoms with van der Waals surface area (Å²) in [4.78, 5) is 11.8. The molecular weight excluding hydrogens is 208 g/mol. The molecule has 3 aliphatic carbocycles. The van der Waals surface area contributed by atoms with E-state index in [1.54, 1.807) is 0 Å². The molecular formula is C16H24O. The molecule has 17 heavy (non-hydrogen) atoms. The number of carbonyl (C=O) groups excluding carboxylic acids is 1. The number of hydrogen-bond acceptors (Lipinski definition) is 1. The summed E-state index contributed by atoms with van der Waals surface area (Å²) in [6.07, 6.45) is 7.25. The van der Waals surface area contributed by atoms with E-state index < -0.39 is 0 Å². The average molecular weight is 232 g/mol. The maximum Gasteiger partial charge on any atom is 0.158 e. The second kappa shape index (κ2) is 3.70. The molecule has 0 aromatic rings. The Balaban J connectivity index is 1.99. The van der Waals surface area contributed by atoms with Gasteiger partial charge in [-0.05, 0) is 67.8 Å². The molecule has 3 aliphatic rings. The van der Waals surface area contributed by atoms with Crippen molar-refractivity contribution in [2.45, 2.75) is 59.3 Å². The summed E-state index contributed by atoms with van der Waals surface area (Å²) in [5.41, 5.74) is 3.23. The van der Waals surface area contributed by atoms with Crippen LogP contribution >= 0.6 is 0 Å². The minimum absolute atomic E-state index is 0.422. The van der Waals surface area contributed by atoms with E-state index in [9.17, 15) is 4.79 Å². The van der Waals surface area contributed by atoms with Gasteiger partial charge in [-0.25, -0.2) is 0 Å². The van der Waals surface area contributed by atoms with Crippen LogP contribution in [0.1, 0.15) is 59.3 Å². The van der Waals surface area contributed by atoms with Crippen LogP contribution in [0.2, 0.25) is 0 Å². The molecule has 0 saturated heterocycles. The molecule has 0 spiro atoms. The van der Waals surface area contributed by atoms with Gasteiger partial charge in [0.15, 0.2) is 5.78 Å². The third-order valence-corrected chi connectivity index (χ3v) is 6.33. The Morgan fingerprint density at radius 3 is 2.71 bits per heavy atom. The Morgan fingerprint density at radius 1 is 1.18 bits per heavy atom. The Kier molecular flexibility index (Phi) is 2.50. The van der Waals surface area contributed by atoms with E-state index in [4.69, 9.17) is 0 Å². The number of hydrogen-bond donors (Lipinski definition) is 0. The third-order valence-electron chi connectivity index (χ3n) is 6.33. The van der Waals surface area contributed by atoms with Crippen molar-refractivity contribution >= 4 is 5.78 Å². The molecule has 3 rings (SSSR count). The minimum Gasteiger partial charge on any atom is -0.295 e. The molecule has 94 valence electrons. The van der Waals surface area contributed by atoms with Gasteiger partial charge in [0.2, 0.25) is 0 Å². The van der Waals surface area contributed by atoms with Crippen LogP contribution in [0.3, 0.4) is 0 Å². The highest BCUT2D eigenvalue weighted by molar-refractivity contribution is 5.96. The fraction of sp³-hybridized carbons (Fsp3) is 0.812. The molecule has 1 heteroatoms. The van der Waals surface area contributed by atoms with E-state index in [-0.39, 0.29) is 0 Å². The van der Waals surface area contributed by atoms with Crippen molar-refractivity contribution in [3.05, 3.63) is 11.1 Å². The quantitative estimate of drug-likeness (QED) is 0.614. The largest absolute Gasteiger partial charge is 0.295 e. The van der Waals surface area contributed by atoms with Gasteiger partial charge < -0.3 is 0 Å². The van der Waals surface area contributed by atoms with Gasteiger partial charge in [-0.2, -0.15) is 0 Å². The van der Waals surface area contributed by atoms with Crippen LogP contribution in [0.15, 0.2) is 11.1 Å². The van der Waals surface area contributed by atoms with Gasteiger partial charge >= 0.3 is 0 Å². The normalized spacial score (nSPS) is 45.8. The zero-order chi connectivity index (χ0) is 12.2. The highest BCUT2D eigenvalue weighted by Gasteiger charge is 2.51. The van der Waals surface area contributed by atoms with E-state index in [0.29, 0.717) is 11.2 Å². The molecule has 0 amide bonds. The van der Waals surface area contributed by atoms with E-state index >= 15 is 0 Å². The fourth-order valence-corrected chi connectivity index (χ4v) is 4.87. The lowest BCUT2D eigenvalue weighted by atomic mass is 9.57. The van der Waals surface area contributed by atoms with E-state index in [1.165, 1.54) is 31.3 Å². The molecule has 0 N–H and O–H groups in total. The maximum absolute atomic E-state index is 11.8. The van der Waals surface area contributed by atoms with Crippen LogP contribution in [-0.2, 0) is 4.79 Å². The van der Waals surface area contributed by atoms with Gasteiger partial charge in [-0.3, -0.25) is 4.79 Å². The molecule has 0 heterocycles. The molecule has 4 atom stereocenters. The second-order valence-corrected chi connectivity index (χ2v) is 6.81.